The minimum atomic E-state index is -0.450. The molecule has 0 saturated heterocycles. The third-order valence-corrected chi connectivity index (χ3v) is 4.64. The van der Waals surface area contributed by atoms with Gasteiger partial charge in [0.1, 0.15) is 11.5 Å². The van der Waals surface area contributed by atoms with Crippen molar-refractivity contribution in [2.75, 3.05) is 0 Å². The van der Waals surface area contributed by atoms with E-state index in [-0.39, 0.29) is 0 Å². The number of hydrogen-bond donors (Lipinski definition) is 2. The molecule has 26 heavy (non-hydrogen) atoms. The molecule has 3 heteroatoms. The van der Waals surface area contributed by atoms with E-state index in [1.54, 1.807) is 6.92 Å². The Kier molecular flexibility index (Phi) is 6.26. The van der Waals surface area contributed by atoms with Crippen molar-refractivity contribution in [1.29, 1.82) is 0 Å². The van der Waals surface area contributed by atoms with Crippen molar-refractivity contribution in [3.63, 3.8) is 0 Å². The van der Waals surface area contributed by atoms with E-state index in [0.29, 0.717) is 12.6 Å². The van der Waals surface area contributed by atoms with Gasteiger partial charge in [-0.15, -0.1) is 0 Å². The fourth-order valence-corrected chi connectivity index (χ4v) is 3.14. The SMILES string of the molecule is CCCC(NCc1ccc(-c2ccc(C(C)O)cc2)o1)c1ccccc1. The van der Waals surface area contributed by atoms with Crippen LogP contribution in [-0.2, 0) is 6.54 Å². The number of aliphatic hydroxyl groups is 1. The van der Waals surface area contributed by atoms with Gasteiger partial charge in [0.15, 0.2) is 0 Å². The van der Waals surface area contributed by atoms with Gasteiger partial charge in [0, 0.05) is 11.6 Å². The molecule has 3 rings (SSSR count). The predicted molar refractivity (Wildman–Crippen MR) is 106 cm³/mol. The van der Waals surface area contributed by atoms with Crippen LogP contribution in [0.2, 0.25) is 0 Å². The molecule has 0 radical (unpaired) electrons. The van der Waals surface area contributed by atoms with Crippen LogP contribution in [0.15, 0.2) is 71.1 Å². The quantitative estimate of drug-likeness (QED) is 0.554. The summed E-state index contributed by atoms with van der Waals surface area (Å²) in [6.07, 6.45) is 1.78. The Labute approximate surface area is 155 Å². The van der Waals surface area contributed by atoms with Gasteiger partial charge in [0.2, 0.25) is 0 Å². The van der Waals surface area contributed by atoms with Crippen LogP contribution in [0.1, 0.15) is 55.7 Å². The maximum Gasteiger partial charge on any atom is 0.134 e. The van der Waals surface area contributed by atoms with Crippen molar-refractivity contribution in [1.82, 2.24) is 5.32 Å². The fourth-order valence-electron chi connectivity index (χ4n) is 3.14. The van der Waals surface area contributed by atoms with Gasteiger partial charge in [0.05, 0.1) is 12.6 Å². The molecule has 2 atom stereocenters. The maximum absolute atomic E-state index is 9.62. The number of benzene rings is 2. The van der Waals surface area contributed by atoms with Crippen molar-refractivity contribution in [2.24, 2.45) is 0 Å². The van der Waals surface area contributed by atoms with Crippen LogP contribution in [0.5, 0.6) is 0 Å². The first-order valence-electron chi connectivity index (χ1n) is 9.33. The molecule has 0 aliphatic rings. The first-order chi connectivity index (χ1) is 12.7. The van der Waals surface area contributed by atoms with Crippen LogP contribution in [0.25, 0.3) is 11.3 Å². The minimum Gasteiger partial charge on any atom is -0.460 e. The lowest BCUT2D eigenvalue weighted by Crippen LogP contribution is -2.20. The molecule has 1 heterocycles. The van der Waals surface area contributed by atoms with Gasteiger partial charge in [-0.2, -0.15) is 0 Å². The van der Waals surface area contributed by atoms with Crippen molar-refractivity contribution >= 4 is 0 Å². The second-order valence-corrected chi connectivity index (χ2v) is 6.70. The lowest BCUT2D eigenvalue weighted by atomic mass is 10.0. The van der Waals surface area contributed by atoms with Crippen LogP contribution in [-0.4, -0.2) is 5.11 Å². The molecule has 3 aromatic rings. The van der Waals surface area contributed by atoms with Crippen LogP contribution >= 0.6 is 0 Å². The molecule has 1 aromatic heterocycles. The molecular weight excluding hydrogens is 322 g/mol. The highest BCUT2D eigenvalue weighted by atomic mass is 16.3. The molecule has 0 amide bonds. The number of hydrogen-bond acceptors (Lipinski definition) is 3. The van der Waals surface area contributed by atoms with E-state index in [0.717, 1.165) is 35.5 Å². The van der Waals surface area contributed by atoms with Gasteiger partial charge in [-0.05, 0) is 36.6 Å². The van der Waals surface area contributed by atoms with Crippen molar-refractivity contribution in [3.8, 4) is 11.3 Å². The molecule has 2 unspecified atom stereocenters. The van der Waals surface area contributed by atoms with Crippen LogP contribution in [0, 0.1) is 0 Å². The zero-order valence-corrected chi connectivity index (χ0v) is 15.5. The second kappa shape index (κ2) is 8.84. The Bertz CT molecular complexity index is 791. The van der Waals surface area contributed by atoms with Crippen LogP contribution < -0.4 is 5.32 Å². The average Bonchev–Trinajstić information content (AvgIpc) is 3.15. The summed E-state index contributed by atoms with van der Waals surface area (Å²) in [4.78, 5) is 0. The van der Waals surface area contributed by atoms with E-state index in [9.17, 15) is 5.11 Å². The van der Waals surface area contributed by atoms with E-state index < -0.39 is 6.10 Å². The Morgan fingerprint density at radius 2 is 1.65 bits per heavy atom. The molecule has 136 valence electrons. The second-order valence-electron chi connectivity index (χ2n) is 6.70. The molecular formula is C23H27NO2. The molecule has 2 aromatic carbocycles. The van der Waals surface area contributed by atoms with Gasteiger partial charge in [-0.25, -0.2) is 0 Å². The number of furan rings is 1. The maximum atomic E-state index is 9.62. The third kappa shape index (κ3) is 4.63. The Morgan fingerprint density at radius 1 is 0.923 bits per heavy atom. The predicted octanol–water partition coefficient (Wildman–Crippen LogP) is 5.63. The Hall–Kier alpha value is -2.36. The van der Waals surface area contributed by atoms with Crippen molar-refractivity contribution < 1.29 is 9.52 Å². The van der Waals surface area contributed by atoms with E-state index in [2.05, 4.69) is 36.5 Å². The smallest absolute Gasteiger partial charge is 0.134 e. The van der Waals surface area contributed by atoms with Crippen molar-refractivity contribution in [3.05, 3.63) is 83.6 Å². The van der Waals surface area contributed by atoms with E-state index in [1.807, 2.05) is 42.5 Å². The van der Waals surface area contributed by atoms with Crippen LogP contribution in [0.4, 0.5) is 0 Å². The topological polar surface area (TPSA) is 45.4 Å². The van der Waals surface area contributed by atoms with Gasteiger partial charge in [-0.1, -0.05) is 67.9 Å². The zero-order valence-electron chi connectivity index (χ0n) is 15.5. The summed E-state index contributed by atoms with van der Waals surface area (Å²) in [5.74, 6) is 1.78. The van der Waals surface area contributed by atoms with E-state index in [4.69, 9.17) is 4.42 Å². The number of rotatable bonds is 8. The van der Waals surface area contributed by atoms with Crippen LogP contribution in [0.3, 0.4) is 0 Å². The summed E-state index contributed by atoms with van der Waals surface area (Å²) in [5.41, 5.74) is 3.25. The summed E-state index contributed by atoms with van der Waals surface area (Å²) in [6, 6.07) is 22.8. The van der Waals surface area contributed by atoms with E-state index >= 15 is 0 Å². The van der Waals surface area contributed by atoms with Gasteiger partial charge >= 0.3 is 0 Å². The molecule has 3 nitrogen and oxygen atoms in total. The zero-order chi connectivity index (χ0) is 18.4. The number of aliphatic hydroxyl groups excluding tert-OH is 1. The summed E-state index contributed by atoms with van der Waals surface area (Å²) in [7, 11) is 0. The summed E-state index contributed by atoms with van der Waals surface area (Å²) >= 11 is 0. The largest absolute Gasteiger partial charge is 0.460 e. The summed E-state index contributed by atoms with van der Waals surface area (Å²) in [6.45, 7) is 4.68. The molecule has 0 spiro atoms. The van der Waals surface area contributed by atoms with Gasteiger partial charge in [-0.3, -0.25) is 0 Å². The van der Waals surface area contributed by atoms with Gasteiger partial charge < -0.3 is 14.8 Å². The monoisotopic (exact) mass is 349 g/mol. The van der Waals surface area contributed by atoms with Gasteiger partial charge in [0.25, 0.3) is 0 Å². The average molecular weight is 349 g/mol. The third-order valence-electron chi connectivity index (χ3n) is 4.64. The number of nitrogens with one attached hydrogen (secondary N) is 1. The molecule has 0 bridgehead atoms. The van der Waals surface area contributed by atoms with E-state index in [1.165, 1.54) is 5.56 Å². The molecule has 0 aliphatic carbocycles. The molecule has 0 fully saturated rings. The van der Waals surface area contributed by atoms with Crippen molar-refractivity contribution in [2.45, 2.75) is 45.4 Å². The summed E-state index contributed by atoms with van der Waals surface area (Å²) in [5, 5.41) is 13.2. The summed E-state index contributed by atoms with van der Waals surface area (Å²) < 4.78 is 6.01. The minimum absolute atomic E-state index is 0.333. The standard InChI is InChI=1S/C23H27NO2/c1-3-7-22(19-8-5-4-6-9-19)24-16-21-14-15-23(26-21)20-12-10-18(11-13-20)17(2)25/h4-6,8-15,17,22,24-25H,3,7,16H2,1-2H3. The first-order valence-corrected chi connectivity index (χ1v) is 9.33. The lowest BCUT2D eigenvalue weighted by molar-refractivity contribution is 0.199. The Morgan fingerprint density at radius 3 is 2.31 bits per heavy atom. The highest BCUT2D eigenvalue weighted by Crippen LogP contribution is 2.25. The lowest BCUT2D eigenvalue weighted by Gasteiger charge is -2.17. The normalized spacial score (nSPS) is 13.5. The first kappa shape index (κ1) is 18.4. The highest BCUT2D eigenvalue weighted by Gasteiger charge is 2.11. The Balaban J connectivity index is 1.66. The fraction of sp³-hybridized carbons (Fsp3) is 0.304. The molecule has 2 N–H and O–H groups in total. The highest BCUT2D eigenvalue weighted by molar-refractivity contribution is 5.58. The molecule has 0 aliphatic heterocycles. The molecule has 0 saturated carbocycles.